The van der Waals surface area contributed by atoms with E-state index in [2.05, 4.69) is 18.6 Å². The van der Waals surface area contributed by atoms with Crippen LogP contribution in [0.3, 0.4) is 0 Å². The Morgan fingerprint density at radius 1 is 1.10 bits per heavy atom. The minimum atomic E-state index is -3.60. The van der Waals surface area contributed by atoms with Crippen molar-refractivity contribution in [3.05, 3.63) is 46.2 Å². The average molecular weight is 438 g/mol. The van der Waals surface area contributed by atoms with Gasteiger partial charge in [0, 0.05) is 21.7 Å². The van der Waals surface area contributed by atoms with Gasteiger partial charge in [0.15, 0.2) is 0 Å². The van der Waals surface area contributed by atoms with E-state index in [0.717, 1.165) is 35.4 Å². The molecule has 0 saturated heterocycles. The standard InChI is InChI=1S/C22H31NO4S2/c1-16(2)14-27-18-6-8-19(9-7-18)29(25,26)23-15-22(12-4-5-13-22)21-11-10-20(28-21)17(3)24/h6-11,16-17,23-24H,4-5,12-15H2,1-3H3. The third kappa shape index (κ3) is 5.40. The molecule has 1 aromatic heterocycles. The lowest BCUT2D eigenvalue weighted by Gasteiger charge is -2.28. The van der Waals surface area contributed by atoms with Gasteiger partial charge in [0.2, 0.25) is 10.0 Å². The van der Waals surface area contributed by atoms with Crippen molar-refractivity contribution >= 4 is 21.4 Å². The number of benzene rings is 1. The maximum absolute atomic E-state index is 12.9. The molecule has 2 aromatic rings. The van der Waals surface area contributed by atoms with Crippen LogP contribution in [-0.2, 0) is 15.4 Å². The Bertz CT molecular complexity index is 895. The van der Waals surface area contributed by atoms with Gasteiger partial charge >= 0.3 is 0 Å². The second-order valence-electron chi connectivity index (χ2n) is 8.37. The number of ether oxygens (including phenoxy) is 1. The third-order valence-electron chi connectivity index (χ3n) is 5.44. The quantitative estimate of drug-likeness (QED) is 0.600. The number of aliphatic hydroxyl groups is 1. The second kappa shape index (κ2) is 9.16. The Hall–Kier alpha value is -1.41. The maximum Gasteiger partial charge on any atom is 0.240 e. The fraction of sp³-hybridized carbons (Fsp3) is 0.545. The zero-order valence-electron chi connectivity index (χ0n) is 17.3. The van der Waals surface area contributed by atoms with E-state index in [1.807, 2.05) is 12.1 Å². The molecule has 5 nitrogen and oxygen atoms in total. The molecule has 0 amide bonds. The molecule has 0 aliphatic heterocycles. The molecular weight excluding hydrogens is 406 g/mol. The highest BCUT2D eigenvalue weighted by Gasteiger charge is 2.38. The summed E-state index contributed by atoms with van der Waals surface area (Å²) in [7, 11) is -3.60. The fourth-order valence-electron chi connectivity index (χ4n) is 3.72. The summed E-state index contributed by atoms with van der Waals surface area (Å²) in [5.41, 5.74) is -0.189. The topological polar surface area (TPSA) is 75.6 Å². The lowest BCUT2D eigenvalue weighted by Crippen LogP contribution is -2.38. The smallest absolute Gasteiger partial charge is 0.240 e. The lowest BCUT2D eigenvalue weighted by molar-refractivity contribution is 0.203. The van der Waals surface area contributed by atoms with Crippen LogP contribution in [0, 0.1) is 5.92 Å². The number of aliphatic hydroxyl groups excluding tert-OH is 1. The molecule has 1 aliphatic carbocycles. The average Bonchev–Trinajstić information content (AvgIpc) is 3.35. The Labute approximate surface area is 178 Å². The lowest BCUT2D eigenvalue weighted by atomic mass is 9.85. The van der Waals surface area contributed by atoms with E-state index >= 15 is 0 Å². The molecule has 1 heterocycles. The summed E-state index contributed by atoms with van der Waals surface area (Å²) in [6.07, 6.45) is 3.59. The number of nitrogens with one attached hydrogen (secondary N) is 1. The number of hydrogen-bond donors (Lipinski definition) is 2. The van der Waals surface area contributed by atoms with E-state index in [9.17, 15) is 13.5 Å². The number of rotatable bonds is 9. The Kier molecular flexibility index (Phi) is 7.04. The molecule has 1 atom stereocenters. The largest absolute Gasteiger partial charge is 0.493 e. The van der Waals surface area contributed by atoms with Crippen molar-refractivity contribution in [2.45, 2.75) is 62.9 Å². The molecule has 7 heteroatoms. The van der Waals surface area contributed by atoms with Gasteiger partial charge in [-0.2, -0.15) is 0 Å². The first-order valence-corrected chi connectivity index (χ1v) is 12.5. The molecule has 1 aromatic carbocycles. The van der Waals surface area contributed by atoms with Gasteiger partial charge < -0.3 is 9.84 Å². The summed E-state index contributed by atoms with van der Waals surface area (Å²) in [5, 5.41) is 9.85. The third-order valence-corrected chi connectivity index (χ3v) is 8.36. The molecule has 0 spiro atoms. The molecule has 1 unspecified atom stereocenters. The van der Waals surface area contributed by atoms with Gasteiger partial charge in [0.1, 0.15) is 5.75 Å². The molecule has 1 fully saturated rings. The van der Waals surface area contributed by atoms with Gasteiger partial charge in [-0.3, -0.25) is 0 Å². The summed E-state index contributed by atoms with van der Waals surface area (Å²) in [6, 6.07) is 10.6. The van der Waals surface area contributed by atoms with Gasteiger partial charge in [-0.15, -0.1) is 11.3 Å². The maximum atomic E-state index is 12.9. The highest BCUT2D eigenvalue weighted by atomic mass is 32.2. The first-order chi connectivity index (χ1) is 13.7. The van der Waals surface area contributed by atoms with Crippen molar-refractivity contribution in [1.29, 1.82) is 0 Å². The fourth-order valence-corrected chi connectivity index (χ4v) is 6.04. The van der Waals surface area contributed by atoms with E-state index in [1.54, 1.807) is 42.5 Å². The van der Waals surface area contributed by atoms with Crippen molar-refractivity contribution in [2.75, 3.05) is 13.2 Å². The summed E-state index contributed by atoms with van der Waals surface area (Å²) < 4.78 is 34.2. The zero-order chi connectivity index (χ0) is 21.1. The van der Waals surface area contributed by atoms with Gasteiger partial charge in [-0.25, -0.2) is 13.1 Å². The summed E-state index contributed by atoms with van der Waals surface area (Å²) in [4.78, 5) is 2.33. The normalized spacial score (nSPS) is 17.6. The van der Waals surface area contributed by atoms with E-state index in [-0.39, 0.29) is 10.3 Å². The Balaban J connectivity index is 1.71. The monoisotopic (exact) mass is 437 g/mol. The first-order valence-electron chi connectivity index (χ1n) is 10.2. The predicted molar refractivity (Wildman–Crippen MR) is 117 cm³/mol. The molecule has 0 radical (unpaired) electrons. The van der Waals surface area contributed by atoms with Crippen LogP contribution in [0.1, 0.15) is 62.3 Å². The van der Waals surface area contributed by atoms with Crippen molar-refractivity contribution in [1.82, 2.24) is 4.72 Å². The molecule has 2 N–H and O–H groups in total. The predicted octanol–water partition coefficient (Wildman–Crippen LogP) is 4.63. The SMILES string of the molecule is CC(C)COc1ccc(S(=O)(=O)NCC2(c3ccc(C(C)O)s3)CCCC2)cc1. The Morgan fingerprint density at radius 3 is 2.31 bits per heavy atom. The highest BCUT2D eigenvalue weighted by molar-refractivity contribution is 7.89. The molecule has 160 valence electrons. The van der Waals surface area contributed by atoms with Crippen molar-refractivity contribution in [2.24, 2.45) is 5.92 Å². The molecule has 29 heavy (non-hydrogen) atoms. The van der Waals surface area contributed by atoms with E-state index in [1.165, 1.54) is 0 Å². The van der Waals surface area contributed by atoms with Crippen LogP contribution in [0.4, 0.5) is 0 Å². The number of hydrogen-bond acceptors (Lipinski definition) is 5. The first kappa shape index (κ1) is 22.3. The molecular formula is C22H31NO4S2. The van der Waals surface area contributed by atoms with Crippen LogP contribution in [0.5, 0.6) is 5.75 Å². The van der Waals surface area contributed by atoms with Crippen molar-refractivity contribution < 1.29 is 18.3 Å². The van der Waals surface area contributed by atoms with Crippen LogP contribution in [-0.4, -0.2) is 26.7 Å². The molecule has 1 saturated carbocycles. The summed E-state index contributed by atoms with van der Waals surface area (Å²) in [6.45, 7) is 6.87. The van der Waals surface area contributed by atoms with Crippen LogP contribution < -0.4 is 9.46 Å². The zero-order valence-corrected chi connectivity index (χ0v) is 19.0. The summed E-state index contributed by atoms with van der Waals surface area (Å²) >= 11 is 1.59. The van der Waals surface area contributed by atoms with Crippen molar-refractivity contribution in [3.63, 3.8) is 0 Å². The van der Waals surface area contributed by atoms with Gasteiger partial charge in [-0.1, -0.05) is 26.7 Å². The second-order valence-corrected chi connectivity index (χ2v) is 11.2. The molecule has 0 bridgehead atoms. The molecule has 1 aliphatic rings. The van der Waals surface area contributed by atoms with Gasteiger partial charge in [-0.05, 0) is 62.1 Å². The number of sulfonamides is 1. The van der Waals surface area contributed by atoms with E-state index < -0.39 is 16.1 Å². The van der Waals surface area contributed by atoms with Crippen LogP contribution in [0.25, 0.3) is 0 Å². The minimum Gasteiger partial charge on any atom is -0.493 e. The van der Waals surface area contributed by atoms with E-state index in [0.29, 0.717) is 24.8 Å². The molecule has 3 rings (SSSR count). The minimum absolute atomic E-state index is 0.189. The van der Waals surface area contributed by atoms with E-state index in [4.69, 9.17) is 4.74 Å². The van der Waals surface area contributed by atoms with Crippen LogP contribution in [0.2, 0.25) is 0 Å². The highest BCUT2D eigenvalue weighted by Crippen LogP contribution is 2.44. The van der Waals surface area contributed by atoms with Crippen molar-refractivity contribution in [3.8, 4) is 5.75 Å². The number of thiophene rings is 1. The Morgan fingerprint density at radius 2 is 1.76 bits per heavy atom. The van der Waals surface area contributed by atoms with Crippen LogP contribution in [0.15, 0.2) is 41.3 Å². The van der Waals surface area contributed by atoms with Crippen LogP contribution >= 0.6 is 11.3 Å². The van der Waals surface area contributed by atoms with Gasteiger partial charge in [0.05, 0.1) is 17.6 Å². The van der Waals surface area contributed by atoms with Gasteiger partial charge in [0.25, 0.3) is 0 Å². The summed E-state index contributed by atoms with van der Waals surface area (Å²) in [5.74, 6) is 1.09.